The molecule has 0 saturated carbocycles. The van der Waals surface area contributed by atoms with Crippen molar-refractivity contribution in [3.63, 3.8) is 0 Å². The third-order valence-electron chi connectivity index (χ3n) is 3.29. The second kappa shape index (κ2) is 8.55. The van der Waals surface area contributed by atoms with Gasteiger partial charge in [-0.25, -0.2) is 9.97 Å². The lowest BCUT2D eigenvalue weighted by atomic mass is 10.1. The third-order valence-corrected chi connectivity index (χ3v) is 3.29. The first-order chi connectivity index (χ1) is 12.0. The van der Waals surface area contributed by atoms with Crippen LogP contribution < -0.4 is 16.2 Å². The first kappa shape index (κ1) is 18.1. The van der Waals surface area contributed by atoms with E-state index in [1.165, 1.54) is 7.11 Å². The molecular weight excluding hydrogens is 328 g/mol. The molecule has 10 heteroatoms. The quantitative estimate of drug-likeness (QED) is 0.372. The Labute approximate surface area is 143 Å². The van der Waals surface area contributed by atoms with Gasteiger partial charge in [0.2, 0.25) is 11.6 Å². The lowest BCUT2D eigenvalue weighted by Gasteiger charge is -2.11. The number of hydrogen-bond acceptors (Lipinski definition) is 8. The highest BCUT2D eigenvalue weighted by molar-refractivity contribution is 5.96. The van der Waals surface area contributed by atoms with Crippen LogP contribution in [0, 0.1) is 17.0 Å². The molecule has 132 valence electrons. The predicted octanol–water partition coefficient (Wildman–Crippen LogP) is 1.51. The molecule has 1 aromatic carbocycles. The Morgan fingerprint density at radius 2 is 2.00 bits per heavy atom. The van der Waals surface area contributed by atoms with Crippen molar-refractivity contribution >= 4 is 23.2 Å². The maximum absolute atomic E-state index is 12.2. The molecular formula is C15H18N6O4. The molecule has 0 atom stereocenters. The Morgan fingerprint density at radius 1 is 1.28 bits per heavy atom. The maximum atomic E-state index is 12.2. The van der Waals surface area contributed by atoms with Gasteiger partial charge in [0.05, 0.1) is 11.5 Å². The van der Waals surface area contributed by atoms with Crippen molar-refractivity contribution in [2.24, 2.45) is 0 Å². The van der Waals surface area contributed by atoms with Gasteiger partial charge in [-0.2, -0.15) is 0 Å². The lowest BCUT2D eigenvalue weighted by Crippen LogP contribution is -2.31. The number of amides is 1. The fraction of sp³-hybridized carbons (Fsp3) is 0.267. The van der Waals surface area contributed by atoms with Gasteiger partial charge in [-0.05, 0) is 18.6 Å². The number of benzene rings is 1. The van der Waals surface area contributed by atoms with Crippen molar-refractivity contribution in [2.45, 2.75) is 6.92 Å². The molecule has 1 aromatic heterocycles. The van der Waals surface area contributed by atoms with E-state index >= 15 is 0 Å². The molecule has 0 radical (unpaired) electrons. The third kappa shape index (κ3) is 4.61. The molecule has 2 rings (SSSR count). The van der Waals surface area contributed by atoms with Gasteiger partial charge in [-0.15, -0.1) is 0 Å². The van der Waals surface area contributed by atoms with Crippen LogP contribution >= 0.6 is 0 Å². The minimum Gasteiger partial charge on any atom is -0.383 e. The fourth-order valence-corrected chi connectivity index (χ4v) is 2.06. The Kier molecular flexibility index (Phi) is 6.18. The van der Waals surface area contributed by atoms with E-state index in [1.807, 2.05) is 6.07 Å². The van der Waals surface area contributed by atoms with Crippen molar-refractivity contribution < 1.29 is 14.5 Å². The van der Waals surface area contributed by atoms with Crippen molar-refractivity contribution in [3.8, 4) is 0 Å². The highest BCUT2D eigenvalue weighted by atomic mass is 16.6. The summed E-state index contributed by atoms with van der Waals surface area (Å²) >= 11 is 0. The van der Waals surface area contributed by atoms with E-state index in [-0.39, 0.29) is 17.3 Å². The molecule has 0 unspecified atom stereocenters. The van der Waals surface area contributed by atoms with E-state index < -0.39 is 10.8 Å². The van der Waals surface area contributed by atoms with Gasteiger partial charge in [-0.1, -0.05) is 18.2 Å². The molecule has 25 heavy (non-hydrogen) atoms. The summed E-state index contributed by atoms with van der Waals surface area (Å²) in [5, 5.41) is 14.1. The van der Waals surface area contributed by atoms with Crippen molar-refractivity contribution in [2.75, 3.05) is 31.0 Å². The summed E-state index contributed by atoms with van der Waals surface area (Å²) in [5.74, 6) is -0.522. The number of methoxy groups -OCH3 is 1. The van der Waals surface area contributed by atoms with Gasteiger partial charge >= 0.3 is 5.69 Å². The van der Waals surface area contributed by atoms with E-state index in [4.69, 9.17) is 4.74 Å². The monoisotopic (exact) mass is 346 g/mol. The molecule has 1 amide bonds. The van der Waals surface area contributed by atoms with Crippen LogP contribution in [0.4, 0.5) is 17.3 Å². The highest BCUT2D eigenvalue weighted by Crippen LogP contribution is 2.28. The minimum atomic E-state index is -0.628. The number of anilines is 2. The van der Waals surface area contributed by atoms with E-state index in [0.717, 1.165) is 11.9 Å². The zero-order valence-corrected chi connectivity index (χ0v) is 13.8. The van der Waals surface area contributed by atoms with E-state index in [2.05, 4.69) is 26.1 Å². The summed E-state index contributed by atoms with van der Waals surface area (Å²) in [6, 6.07) is 6.98. The number of hydrogen-bond donors (Lipinski definition) is 3. The smallest absolute Gasteiger partial charge is 0.354 e. The van der Waals surface area contributed by atoms with Gasteiger partial charge in [0.25, 0.3) is 5.91 Å². The number of ether oxygens (including phenoxy) is 1. The summed E-state index contributed by atoms with van der Waals surface area (Å²) < 4.78 is 4.88. The molecule has 2 aromatic rings. The van der Waals surface area contributed by atoms with Crippen LogP contribution in [0.5, 0.6) is 0 Å². The Morgan fingerprint density at radius 3 is 2.68 bits per heavy atom. The van der Waals surface area contributed by atoms with Crippen LogP contribution in [0.25, 0.3) is 0 Å². The molecule has 0 aliphatic heterocycles. The fourth-order valence-electron chi connectivity index (χ4n) is 2.06. The van der Waals surface area contributed by atoms with Gasteiger partial charge in [-0.3, -0.25) is 25.8 Å². The number of nitrogens with one attached hydrogen (secondary N) is 3. The van der Waals surface area contributed by atoms with Crippen LogP contribution in [-0.4, -0.2) is 41.1 Å². The highest BCUT2D eigenvalue weighted by Gasteiger charge is 2.23. The number of carbonyl (C=O) groups is 1. The average Bonchev–Trinajstić information content (AvgIpc) is 2.60. The second-order valence-electron chi connectivity index (χ2n) is 4.99. The van der Waals surface area contributed by atoms with Crippen LogP contribution in [-0.2, 0) is 4.74 Å². The minimum absolute atomic E-state index is 0.0321. The first-order valence-electron chi connectivity index (χ1n) is 7.38. The Bertz CT molecular complexity index is 767. The summed E-state index contributed by atoms with van der Waals surface area (Å²) in [7, 11) is 1.52. The van der Waals surface area contributed by atoms with Gasteiger partial charge in [0.15, 0.2) is 0 Å². The van der Waals surface area contributed by atoms with E-state index in [1.54, 1.807) is 25.1 Å². The largest absolute Gasteiger partial charge is 0.383 e. The molecule has 0 saturated heterocycles. The molecule has 3 N–H and O–H groups in total. The molecule has 10 nitrogen and oxygen atoms in total. The van der Waals surface area contributed by atoms with Gasteiger partial charge in [0.1, 0.15) is 6.33 Å². The predicted molar refractivity (Wildman–Crippen MR) is 91.3 cm³/mol. The van der Waals surface area contributed by atoms with E-state index in [9.17, 15) is 14.9 Å². The first-order valence-corrected chi connectivity index (χ1v) is 7.38. The number of hydrazine groups is 1. The summed E-state index contributed by atoms with van der Waals surface area (Å²) in [4.78, 5) is 30.6. The maximum Gasteiger partial charge on any atom is 0.354 e. The average molecular weight is 346 g/mol. The SMILES string of the molecule is COCCNc1ncnc(NNC(=O)c2ccccc2C)c1[N+](=O)[O-]. The lowest BCUT2D eigenvalue weighted by molar-refractivity contribution is -0.383. The number of rotatable bonds is 8. The second-order valence-corrected chi connectivity index (χ2v) is 4.99. The van der Waals surface area contributed by atoms with Crippen molar-refractivity contribution in [1.82, 2.24) is 15.4 Å². The summed E-state index contributed by atoms with van der Waals surface area (Å²) in [6.45, 7) is 2.48. The Balaban J connectivity index is 2.16. The molecule has 0 spiro atoms. The molecule has 0 bridgehead atoms. The number of nitro groups is 1. The Hall–Kier alpha value is -3.27. The zero-order chi connectivity index (χ0) is 18.2. The number of nitrogens with zero attached hydrogens (tertiary/aromatic N) is 3. The molecule has 0 aliphatic rings. The van der Waals surface area contributed by atoms with Gasteiger partial charge < -0.3 is 10.1 Å². The number of carbonyl (C=O) groups excluding carboxylic acids is 1. The zero-order valence-electron chi connectivity index (χ0n) is 13.8. The van der Waals surface area contributed by atoms with Crippen LogP contribution in [0.2, 0.25) is 0 Å². The van der Waals surface area contributed by atoms with Crippen LogP contribution in [0.1, 0.15) is 15.9 Å². The number of aromatic nitrogens is 2. The van der Waals surface area contributed by atoms with Crippen LogP contribution in [0.3, 0.4) is 0 Å². The van der Waals surface area contributed by atoms with Crippen molar-refractivity contribution in [3.05, 3.63) is 51.8 Å². The van der Waals surface area contributed by atoms with Crippen LogP contribution in [0.15, 0.2) is 30.6 Å². The van der Waals surface area contributed by atoms with E-state index in [0.29, 0.717) is 18.7 Å². The van der Waals surface area contributed by atoms with Gasteiger partial charge in [0, 0.05) is 19.2 Å². The summed E-state index contributed by atoms with van der Waals surface area (Å²) in [6.07, 6.45) is 1.16. The molecule has 0 fully saturated rings. The van der Waals surface area contributed by atoms with Crippen molar-refractivity contribution in [1.29, 1.82) is 0 Å². The molecule has 1 heterocycles. The summed E-state index contributed by atoms with van der Waals surface area (Å²) in [5.41, 5.74) is 5.75. The molecule has 0 aliphatic carbocycles. The topological polar surface area (TPSA) is 131 Å². The normalized spacial score (nSPS) is 10.2. The number of aryl methyl sites for hydroxylation is 1. The standard InChI is InChI=1S/C15H18N6O4/c1-10-5-3-4-6-11(10)15(22)20-19-14-12(21(23)24)13(17-9-18-14)16-7-8-25-2/h3-6,9H,7-8H2,1-2H3,(H,20,22)(H2,16,17,18,19).